The third-order valence-corrected chi connectivity index (χ3v) is 7.25. The van der Waals surface area contributed by atoms with Crippen LogP contribution in [0.25, 0.3) is 11.0 Å². The molecule has 0 fully saturated rings. The molecule has 0 saturated carbocycles. The van der Waals surface area contributed by atoms with Gasteiger partial charge in [0.15, 0.2) is 5.69 Å². The summed E-state index contributed by atoms with van der Waals surface area (Å²) in [5.74, 6) is -0.715. The lowest BCUT2D eigenvalue weighted by molar-refractivity contribution is -0.139. The van der Waals surface area contributed by atoms with Crippen molar-refractivity contribution in [3.63, 3.8) is 0 Å². The topological polar surface area (TPSA) is 119 Å². The van der Waals surface area contributed by atoms with E-state index >= 15 is 0 Å². The Bertz CT molecular complexity index is 1560. The van der Waals surface area contributed by atoms with Gasteiger partial charge in [-0.15, -0.1) is 0 Å². The number of methoxy groups -OCH3 is 2. The van der Waals surface area contributed by atoms with Crippen molar-refractivity contribution in [1.82, 2.24) is 4.57 Å². The van der Waals surface area contributed by atoms with Crippen LogP contribution in [0.5, 0.6) is 11.5 Å². The van der Waals surface area contributed by atoms with Crippen LogP contribution < -0.4 is 25.8 Å². The number of rotatable bonds is 8. The predicted octanol–water partition coefficient (Wildman–Crippen LogP) is 3.28. The molecule has 204 valence electrons. The monoisotopic (exact) mass is 550 g/mol. The molecule has 0 radical (unpaired) electrons. The number of carbonyl (C=O) groups is 3. The van der Waals surface area contributed by atoms with Crippen molar-refractivity contribution < 1.29 is 33.3 Å². The van der Waals surface area contributed by atoms with Gasteiger partial charge in [-0.1, -0.05) is 36.0 Å². The van der Waals surface area contributed by atoms with Crippen LogP contribution in [0.3, 0.4) is 0 Å². The van der Waals surface area contributed by atoms with Crippen molar-refractivity contribution in [3.8, 4) is 11.5 Å². The van der Waals surface area contributed by atoms with Gasteiger partial charge in [0.1, 0.15) is 21.7 Å². The van der Waals surface area contributed by atoms with E-state index in [2.05, 4.69) is 0 Å². The summed E-state index contributed by atoms with van der Waals surface area (Å²) in [6.07, 6.45) is 1.28. The average molecular weight is 551 g/mol. The summed E-state index contributed by atoms with van der Waals surface area (Å²) in [4.78, 5) is 40.9. The highest BCUT2D eigenvalue weighted by Crippen LogP contribution is 2.40. The van der Waals surface area contributed by atoms with E-state index in [0.29, 0.717) is 27.8 Å². The molecule has 0 aliphatic carbocycles. The molecule has 2 N–H and O–H groups in total. The van der Waals surface area contributed by atoms with Gasteiger partial charge in [0.2, 0.25) is 5.91 Å². The van der Waals surface area contributed by atoms with Crippen LogP contribution >= 0.6 is 11.8 Å². The fourth-order valence-electron chi connectivity index (χ4n) is 4.27. The summed E-state index contributed by atoms with van der Waals surface area (Å²) >= 11 is 1.05. The molecule has 0 unspecified atom stereocenters. The number of hydrogen-bond acceptors (Lipinski definition) is 9. The Hall–Kier alpha value is -4.18. The predicted molar refractivity (Wildman–Crippen MR) is 149 cm³/mol. The first-order valence-electron chi connectivity index (χ1n) is 12.3. The minimum absolute atomic E-state index is 0.0151. The van der Waals surface area contributed by atoms with E-state index in [1.165, 1.54) is 11.7 Å². The number of fused-ring (bicyclic) bond motifs is 1. The molecule has 0 spiro atoms. The van der Waals surface area contributed by atoms with Crippen molar-refractivity contribution in [3.05, 3.63) is 75.9 Å². The van der Waals surface area contributed by atoms with Crippen LogP contribution in [-0.4, -0.2) is 49.3 Å². The van der Waals surface area contributed by atoms with Gasteiger partial charge in [-0.05, 0) is 62.2 Å². The van der Waals surface area contributed by atoms with Crippen LogP contribution in [0.2, 0.25) is 0 Å². The number of nitrogens with two attached hydrogens (primary N) is 1. The Morgan fingerprint density at radius 3 is 2.36 bits per heavy atom. The van der Waals surface area contributed by atoms with E-state index < -0.39 is 29.2 Å². The van der Waals surface area contributed by atoms with Gasteiger partial charge in [0.25, 0.3) is 0 Å². The number of aromatic nitrogens is 1. The van der Waals surface area contributed by atoms with Gasteiger partial charge in [-0.2, -0.15) is 0 Å². The van der Waals surface area contributed by atoms with Crippen LogP contribution in [-0.2, 0) is 14.3 Å². The second kappa shape index (κ2) is 11.7. The first-order chi connectivity index (χ1) is 18.7. The lowest BCUT2D eigenvalue weighted by atomic mass is 10.1. The normalized spacial score (nSPS) is 15.2. The molecule has 10 heteroatoms. The summed E-state index contributed by atoms with van der Waals surface area (Å²) in [6, 6.07) is 14.2. The van der Waals surface area contributed by atoms with Crippen LogP contribution in [0.1, 0.15) is 52.4 Å². The van der Waals surface area contributed by atoms with Crippen molar-refractivity contribution in [1.29, 1.82) is 0 Å². The number of carbonyl (C=O) groups excluding carboxylic acids is 3. The maximum atomic E-state index is 14.1. The van der Waals surface area contributed by atoms with E-state index in [1.807, 2.05) is 6.07 Å². The Morgan fingerprint density at radius 2 is 1.72 bits per heavy atom. The zero-order valence-electron chi connectivity index (χ0n) is 22.3. The second-order valence-corrected chi connectivity index (χ2v) is 10.0. The van der Waals surface area contributed by atoms with Gasteiger partial charge in [0.05, 0.1) is 38.0 Å². The first-order valence-corrected chi connectivity index (χ1v) is 13.2. The smallest absolute Gasteiger partial charge is 0.357 e. The molecule has 0 bridgehead atoms. The molecule has 1 aromatic heterocycles. The Morgan fingerprint density at radius 1 is 1.05 bits per heavy atom. The Balaban J connectivity index is 2.09. The minimum Gasteiger partial charge on any atom is -0.497 e. The van der Waals surface area contributed by atoms with E-state index in [4.69, 9.17) is 24.7 Å². The number of nitrogen functional groups attached to an aromatic ring is 1. The fourth-order valence-corrected chi connectivity index (χ4v) is 5.45. The number of ether oxygens (including phenoxy) is 4. The molecule has 2 heterocycles. The van der Waals surface area contributed by atoms with Gasteiger partial charge in [0, 0.05) is 5.22 Å². The van der Waals surface area contributed by atoms with Crippen molar-refractivity contribution >= 4 is 46.3 Å². The molecule has 1 aliphatic heterocycles. The number of hydrogen-bond donors (Lipinski definition) is 1. The maximum Gasteiger partial charge on any atom is 0.357 e. The molecule has 9 nitrogen and oxygen atoms in total. The highest BCUT2D eigenvalue weighted by atomic mass is 32.2. The minimum atomic E-state index is -0.882. The van der Waals surface area contributed by atoms with Crippen LogP contribution in [0.4, 0.5) is 5.69 Å². The molecular weight excluding hydrogens is 520 g/mol. The van der Waals surface area contributed by atoms with Gasteiger partial charge in [-0.25, -0.2) is 9.59 Å². The molecule has 2 aromatic carbocycles. The van der Waals surface area contributed by atoms with Crippen molar-refractivity contribution in [2.45, 2.75) is 32.1 Å². The van der Waals surface area contributed by atoms with E-state index in [9.17, 15) is 14.4 Å². The number of anilines is 1. The quantitative estimate of drug-likeness (QED) is 0.422. The molecular formula is C29H30N2O7S. The fraction of sp³-hybridized carbons (Fsp3) is 0.276. The summed E-state index contributed by atoms with van der Waals surface area (Å²) in [5, 5.41) is -0.378. The van der Waals surface area contributed by atoms with Crippen LogP contribution in [0, 0.1) is 0 Å². The third-order valence-electron chi connectivity index (χ3n) is 5.94. The Labute approximate surface area is 230 Å². The zero-order chi connectivity index (χ0) is 28.3. The highest BCUT2D eigenvalue weighted by molar-refractivity contribution is 8.10. The maximum absolute atomic E-state index is 14.1. The van der Waals surface area contributed by atoms with Crippen LogP contribution in [0.15, 0.2) is 48.5 Å². The molecule has 0 saturated heterocycles. The summed E-state index contributed by atoms with van der Waals surface area (Å²) < 4.78 is 22.7. The molecule has 1 aliphatic rings. The number of thioether (sulfide) groups is 1. The second-order valence-electron chi connectivity index (χ2n) is 8.90. The molecule has 3 aromatic rings. The lowest BCUT2D eigenvalue weighted by Crippen LogP contribution is -2.43. The summed E-state index contributed by atoms with van der Waals surface area (Å²) in [6.45, 7) is 5.20. The number of nitrogens with zero attached hydrogens (tertiary/aromatic N) is 1. The molecule has 4 rings (SSSR count). The van der Waals surface area contributed by atoms with Crippen molar-refractivity contribution in [2.24, 2.45) is 0 Å². The van der Waals surface area contributed by atoms with E-state index in [-0.39, 0.29) is 28.2 Å². The van der Waals surface area contributed by atoms with Gasteiger partial charge >= 0.3 is 11.9 Å². The number of esters is 2. The van der Waals surface area contributed by atoms with E-state index in [0.717, 1.165) is 11.8 Å². The standard InChI is InChI=1S/C29H30N2O7S/c1-6-37-28(33)24-22(30)21(14-17-9-7-11-19(13-17)35-4)23-26(29(34)38-16(2)3)39-25(27(32)31(23)24)18-10-8-12-20(15-18)36-5/h7-16,25H,6,30H2,1-5H3/b21-14+/t25-/m0/s1. The largest absolute Gasteiger partial charge is 0.497 e. The lowest BCUT2D eigenvalue weighted by Gasteiger charge is -2.24. The summed E-state index contributed by atoms with van der Waals surface area (Å²) in [7, 11) is 3.07. The highest BCUT2D eigenvalue weighted by Gasteiger charge is 2.38. The van der Waals surface area contributed by atoms with Gasteiger partial charge in [-0.3, -0.25) is 9.36 Å². The number of benzene rings is 2. The zero-order valence-corrected chi connectivity index (χ0v) is 23.2. The Kier molecular flexibility index (Phi) is 8.35. The first kappa shape index (κ1) is 27.8. The molecule has 39 heavy (non-hydrogen) atoms. The SMILES string of the molecule is CCOC(=O)c1c(N)/c(=C\c2cccc(OC)c2)c2n1C(=O)[C@H](c1cccc(OC)c1)SC=2C(=O)OC(C)C. The molecule has 1 atom stereocenters. The molecule has 0 amide bonds. The summed E-state index contributed by atoms with van der Waals surface area (Å²) in [5.41, 5.74) is 7.71. The average Bonchev–Trinajstić information content (AvgIpc) is 3.21. The third kappa shape index (κ3) is 5.51. The van der Waals surface area contributed by atoms with Gasteiger partial charge < -0.3 is 24.7 Å². The van der Waals surface area contributed by atoms with Crippen molar-refractivity contribution in [2.75, 3.05) is 26.6 Å². The van der Waals surface area contributed by atoms with E-state index in [1.54, 1.807) is 76.4 Å².